The number of hydrogen-bond donors (Lipinski definition) is 1. The molecule has 5 rings (SSSR count). The first-order valence-electron chi connectivity index (χ1n) is 12.9. The molecular weight excluding hydrogens is 474 g/mol. The molecule has 10 heteroatoms. The van der Waals surface area contributed by atoms with Gasteiger partial charge in [0.1, 0.15) is 12.4 Å². The number of hydrogen-bond acceptors (Lipinski definition) is 5. The Morgan fingerprint density at radius 1 is 1.16 bits per heavy atom. The van der Waals surface area contributed by atoms with E-state index in [0.717, 1.165) is 29.4 Å². The number of pyridine rings is 1. The SMILES string of the molecule is CC1CCc2c(ccc3c2nc(CCn2ccccc2=O)n3CC(=O)N(C)C2CCOCC2)N1C(=O)O. The highest BCUT2D eigenvalue weighted by molar-refractivity contribution is 5.95. The maximum atomic E-state index is 13.4. The molecule has 0 spiro atoms. The number of amides is 2. The third-order valence-corrected chi connectivity index (χ3v) is 7.70. The van der Waals surface area contributed by atoms with Crippen LogP contribution in [0.3, 0.4) is 0 Å². The molecule has 1 aromatic carbocycles. The van der Waals surface area contributed by atoms with Gasteiger partial charge in [0.2, 0.25) is 5.91 Å². The monoisotopic (exact) mass is 507 g/mol. The molecule has 2 aliphatic heterocycles. The summed E-state index contributed by atoms with van der Waals surface area (Å²) in [6, 6.07) is 8.76. The molecule has 1 fully saturated rings. The Morgan fingerprint density at radius 2 is 1.95 bits per heavy atom. The topological polar surface area (TPSA) is 110 Å². The van der Waals surface area contributed by atoms with Gasteiger partial charge in [-0.15, -0.1) is 0 Å². The van der Waals surface area contributed by atoms with E-state index in [0.29, 0.717) is 50.5 Å². The van der Waals surface area contributed by atoms with Crippen LogP contribution in [0, 0.1) is 0 Å². The molecule has 1 atom stereocenters. The zero-order valence-electron chi connectivity index (χ0n) is 21.3. The lowest BCUT2D eigenvalue weighted by Gasteiger charge is -2.33. The van der Waals surface area contributed by atoms with Crippen molar-refractivity contribution in [1.82, 2.24) is 19.0 Å². The summed E-state index contributed by atoms with van der Waals surface area (Å²) in [4.78, 5) is 45.8. The number of likely N-dealkylation sites (N-methyl/N-ethyl adjacent to an activating group) is 1. The van der Waals surface area contributed by atoms with Gasteiger partial charge in [-0.3, -0.25) is 14.5 Å². The highest BCUT2D eigenvalue weighted by Gasteiger charge is 2.31. The van der Waals surface area contributed by atoms with Crippen molar-refractivity contribution in [2.75, 3.05) is 25.2 Å². The van der Waals surface area contributed by atoms with Crippen LogP contribution in [0.2, 0.25) is 0 Å². The fourth-order valence-electron chi connectivity index (χ4n) is 5.52. The Hall–Kier alpha value is -3.66. The summed E-state index contributed by atoms with van der Waals surface area (Å²) in [5.41, 5.74) is 2.99. The van der Waals surface area contributed by atoms with Crippen molar-refractivity contribution in [2.24, 2.45) is 0 Å². The summed E-state index contributed by atoms with van der Waals surface area (Å²) in [5, 5.41) is 9.84. The fourth-order valence-corrected chi connectivity index (χ4v) is 5.52. The molecule has 3 aromatic rings. The number of aryl methyl sites for hydroxylation is 3. The zero-order valence-corrected chi connectivity index (χ0v) is 21.3. The standard InChI is InChI=1S/C27H33N5O5/c1-18-6-7-20-21(32(18)27(35)36)8-9-22-26(20)28-23(10-14-30-13-4-3-5-24(30)33)31(22)17-25(34)29(2)19-11-15-37-16-12-19/h3-5,8-9,13,18-19H,6-7,10-12,14-17H2,1-2H3,(H,35,36). The maximum Gasteiger partial charge on any atom is 0.412 e. The molecule has 10 nitrogen and oxygen atoms in total. The van der Waals surface area contributed by atoms with Gasteiger partial charge in [0.25, 0.3) is 5.56 Å². The largest absolute Gasteiger partial charge is 0.465 e. The lowest BCUT2D eigenvalue weighted by molar-refractivity contribution is -0.134. The van der Waals surface area contributed by atoms with Gasteiger partial charge >= 0.3 is 6.09 Å². The smallest absolute Gasteiger partial charge is 0.412 e. The van der Waals surface area contributed by atoms with E-state index >= 15 is 0 Å². The summed E-state index contributed by atoms with van der Waals surface area (Å²) >= 11 is 0. The quantitative estimate of drug-likeness (QED) is 0.550. The van der Waals surface area contributed by atoms with E-state index in [9.17, 15) is 19.5 Å². The molecule has 1 saturated heterocycles. The molecule has 0 aliphatic carbocycles. The van der Waals surface area contributed by atoms with Crippen molar-refractivity contribution in [1.29, 1.82) is 0 Å². The summed E-state index contributed by atoms with van der Waals surface area (Å²) < 4.78 is 9.02. The molecule has 2 amide bonds. The van der Waals surface area contributed by atoms with Crippen molar-refractivity contribution < 1.29 is 19.4 Å². The lowest BCUT2D eigenvalue weighted by Crippen LogP contribution is -2.42. The molecular formula is C27H33N5O5. The van der Waals surface area contributed by atoms with E-state index < -0.39 is 6.09 Å². The molecule has 2 aliphatic rings. The van der Waals surface area contributed by atoms with Gasteiger partial charge in [0, 0.05) is 63.1 Å². The molecule has 0 radical (unpaired) electrons. The highest BCUT2D eigenvalue weighted by Crippen LogP contribution is 2.36. The molecule has 1 N–H and O–H groups in total. The number of rotatable bonds is 6. The summed E-state index contributed by atoms with van der Waals surface area (Å²) in [7, 11) is 1.84. The van der Waals surface area contributed by atoms with Crippen molar-refractivity contribution in [3.8, 4) is 0 Å². The van der Waals surface area contributed by atoms with Crippen LogP contribution in [-0.4, -0.2) is 68.5 Å². The number of aromatic nitrogens is 3. The van der Waals surface area contributed by atoms with E-state index in [1.54, 1.807) is 16.8 Å². The van der Waals surface area contributed by atoms with Crippen LogP contribution in [0.5, 0.6) is 0 Å². The zero-order chi connectivity index (χ0) is 26.1. The molecule has 2 aromatic heterocycles. The molecule has 4 heterocycles. The van der Waals surface area contributed by atoms with Crippen LogP contribution < -0.4 is 10.5 Å². The van der Waals surface area contributed by atoms with E-state index in [-0.39, 0.29) is 30.1 Å². The van der Waals surface area contributed by atoms with Gasteiger partial charge in [0.15, 0.2) is 0 Å². The summed E-state index contributed by atoms with van der Waals surface area (Å²) in [6.07, 6.45) is 4.26. The summed E-state index contributed by atoms with van der Waals surface area (Å²) in [6.45, 7) is 3.76. The highest BCUT2D eigenvalue weighted by atomic mass is 16.5. The van der Waals surface area contributed by atoms with Crippen LogP contribution in [0.25, 0.3) is 11.0 Å². The van der Waals surface area contributed by atoms with Gasteiger partial charge in [-0.1, -0.05) is 6.07 Å². The number of ether oxygens (including phenoxy) is 1. The number of carbonyl (C=O) groups excluding carboxylic acids is 1. The van der Waals surface area contributed by atoms with Crippen LogP contribution in [0.1, 0.15) is 37.6 Å². The van der Waals surface area contributed by atoms with Crippen molar-refractivity contribution in [2.45, 2.75) is 64.2 Å². The minimum Gasteiger partial charge on any atom is -0.465 e. The second-order valence-corrected chi connectivity index (χ2v) is 9.92. The van der Waals surface area contributed by atoms with Gasteiger partial charge in [-0.25, -0.2) is 9.78 Å². The van der Waals surface area contributed by atoms with Crippen molar-refractivity contribution >= 4 is 28.7 Å². The van der Waals surface area contributed by atoms with Gasteiger partial charge in [-0.05, 0) is 50.8 Å². The van der Waals surface area contributed by atoms with Gasteiger partial charge in [-0.2, -0.15) is 0 Å². The predicted molar refractivity (Wildman–Crippen MR) is 139 cm³/mol. The number of anilines is 1. The van der Waals surface area contributed by atoms with Gasteiger partial charge in [0.05, 0.1) is 16.7 Å². The van der Waals surface area contributed by atoms with Crippen LogP contribution >= 0.6 is 0 Å². The van der Waals surface area contributed by atoms with E-state index in [1.165, 1.54) is 11.0 Å². The fraction of sp³-hybridized carbons (Fsp3) is 0.481. The average Bonchev–Trinajstić information content (AvgIpc) is 3.25. The number of fused-ring (bicyclic) bond motifs is 3. The van der Waals surface area contributed by atoms with E-state index in [2.05, 4.69) is 0 Å². The maximum absolute atomic E-state index is 13.4. The number of benzene rings is 1. The van der Waals surface area contributed by atoms with E-state index in [4.69, 9.17) is 9.72 Å². The molecule has 37 heavy (non-hydrogen) atoms. The third kappa shape index (κ3) is 4.85. The molecule has 1 unspecified atom stereocenters. The number of carboxylic acid groups (broad SMARTS) is 1. The lowest BCUT2D eigenvalue weighted by atomic mass is 9.96. The van der Waals surface area contributed by atoms with Crippen LogP contribution in [-0.2, 0) is 35.5 Å². The first-order valence-corrected chi connectivity index (χ1v) is 12.9. The second-order valence-electron chi connectivity index (χ2n) is 9.92. The van der Waals surface area contributed by atoms with Crippen molar-refractivity contribution in [3.63, 3.8) is 0 Å². The average molecular weight is 508 g/mol. The first-order chi connectivity index (χ1) is 17.8. The summed E-state index contributed by atoms with van der Waals surface area (Å²) in [5.74, 6) is 0.691. The second kappa shape index (κ2) is 10.4. The predicted octanol–water partition coefficient (Wildman–Crippen LogP) is 2.90. The molecule has 196 valence electrons. The normalized spacial score (nSPS) is 18.1. The Labute approximate surface area is 215 Å². The molecule has 0 bridgehead atoms. The Morgan fingerprint density at radius 3 is 2.68 bits per heavy atom. The number of carbonyl (C=O) groups is 2. The number of nitrogens with zero attached hydrogens (tertiary/aromatic N) is 5. The molecule has 0 saturated carbocycles. The van der Waals surface area contributed by atoms with Crippen LogP contribution in [0.4, 0.5) is 10.5 Å². The Bertz CT molecular complexity index is 1370. The van der Waals surface area contributed by atoms with E-state index in [1.807, 2.05) is 41.6 Å². The van der Waals surface area contributed by atoms with Crippen molar-refractivity contribution in [3.05, 3.63) is 58.3 Å². The minimum absolute atomic E-state index is 0.0113. The Kier molecular flexibility index (Phi) is 7.01. The minimum atomic E-state index is -0.982. The first kappa shape index (κ1) is 25.0. The third-order valence-electron chi connectivity index (χ3n) is 7.70. The van der Waals surface area contributed by atoms with Crippen LogP contribution in [0.15, 0.2) is 41.3 Å². The Balaban J connectivity index is 1.53. The van der Waals surface area contributed by atoms with Gasteiger partial charge < -0.3 is 23.9 Å². The number of imidazole rings is 1.